The van der Waals surface area contributed by atoms with Crippen LogP contribution in [0.4, 0.5) is 0 Å². The number of hydrogen-bond donors (Lipinski definition) is 0. The van der Waals surface area contributed by atoms with Crippen molar-refractivity contribution in [2.45, 2.75) is 316 Å². The molecule has 0 aliphatic carbocycles. The van der Waals surface area contributed by atoms with Gasteiger partial charge in [0.2, 0.25) is 0 Å². The van der Waals surface area contributed by atoms with Gasteiger partial charge in [0.15, 0.2) is 6.10 Å². The van der Waals surface area contributed by atoms with Crippen LogP contribution in [0.5, 0.6) is 0 Å². The van der Waals surface area contributed by atoms with E-state index in [1.807, 2.05) is 0 Å². The van der Waals surface area contributed by atoms with E-state index < -0.39 is 12.1 Å². The SMILES string of the molecule is CCCCCCC(C/C=C/CCCCCCCC(=O)OCC(COC(=O)CCCCCCC/C=C/CC(CCCCCC)OC(C)=O)OC(=O)CCCCCCC/C=C/CC(CCCCCC)OC(C)=O)OC(C)=O. The Kier molecular flexibility index (Phi) is 50.6. The van der Waals surface area contributed by atoms with Gasteiger partial charge in [0.05, 0.1) is 0 Å². The van der Waals surface area contributed by atoms with Crippen molar-refractivity contribution in [3.8, 4) is 0 Å². The summed E-state index contributed by atoms with van der Waals surface area (Å²) >= 11 is 0. The largest absolute Gasteiger partial charge is 0.462 e. The summed E-state index contributed by atoms with van der Waals surface area (Å²) in [6, 6.07) is 0. The Balaban J connectivity index is 4.79. The first-order valence-electron chi connectivity index (χ1n) is 30.4. The Morgan fingerprint density at radius 3 is 0.893 bits per heavy atom. The molecule has 0 spiro atoms. The minimum absolute atomic E-state index is 0.0489. The predicted octanol–water partition coefficient (Wildman–Crippen LogP) is 16.7. The van der Waals surface area contributed by atoms with Gasteiger partial charge in [-0.15, -0.1) is 0 Å². The standard InChI is InChI=1S/C63H110O12/c1-7-10-13-34-43-57(72-54(4)64)46-37-28-22-16-19-25-31-40-49-61(67)70-52-60(75-63(69)51-42-33-27-21-18-24-30-39-48-59(74-56(6)66)45-36-15-12-9-3)53-71-62(68)50-41-32-26-20-17-23-29-38-47-58(73-55(5)65)44-35-14-11-8-2/h28-30,37-39,57-60H,7-27,31-36,40-53H2,1-6H3/b37-28+,38-29+,39-30+. The van der Waals surface area contributed by atoms with Gasteiger partial charge >= 0.3 is 35.8 Å². The van der Waals surface area contributed by atoms with Crippen LogP contribution in [0.2, 0.25) is 0 Å². The summed E-state index contributed by atoms with van der Waals surface area (Å²) in [6.07, 6.45) is 48.6. The van der Waals surface area contributed by atoms with Gasteiger partial charge in [-0.2, -0.15) is 0 Å². The minimum atomic E-state index is -0.870. The lowest BCUT2D eigenvalue weighted by atomic mass is 10.1. The maximum Gasteiger partial charge on any atom is 0.306 e. The number of rotatable bonds is 53. The second-order valence-corrected chi connectivity index (χ2v) is 20.8. The van der Waals surface area contributed by atoms with Crippen molar-refractivity contribution in [3.63, 3.8) is 0 Å². The molecule has 0 rings (SSSR count). The van der Waals surface area contributed by atoms with Crippen molar-refractivity contribution >= 4 is 35.8 Å². The van der Waals surface area contributed by atoms with Crippen molar-refractivity contribution in [1.29, 1.82) is 0 Å². The topological polar surface area (TPSA) is 158 Å². The fraction of sp³-hybridized carbons (Fsp3) is 0.810. The predicted molar refractivity (Wildman–Crippen MR) is 303 cm³/mol. The quantitative estimate of drug-likeness (QED) is 0.0246. The zero-order valence-electron chi connectivity index (χ0n) is 48.7. The Morgan fingerprint density at radius 1 is 0.307 bits per heavy atom. The molecule has 0 fully saturated rings. The molecular weight excluding hydrogens is 949 g/mol. The highest BCUT2D eigenvalue weighted by Gasteiger charge is 2.20. The van der Waals surface area contributed by atoms with Crippen LogP contribution in [0.15, 0.2) is 36.5 Å². The second-order valence-electron chi connectivity index (χ2n) is 20.8. The summed E-state index contributed by atoms with van der Waals surface area (Å²) < 4.78 is 33.4. The highest BCUT2D eigenvalue weighted by molar-refractivity contribution is 5.71. The molecule has 75 heavy (non-hydrogen) atoms. The first kappa shape index (κ1) is 71.0. The highest BCUT2D eigenvalue weighted by Crippen LogP contribution is 2.18. The van der Waals surface area contributed by atoms with Gasteiger partial charge in [0.1, 0.15) is 31.5 Å². The summed E-state index contributed by atoms with van der Waals surface area (Å²) in [4.78, 5) is 73.0. The molecule has 0 saturated heterocycles. The first-order chi connectivity index (χ1) is 36.4. The molecule has 0 aromatic heterocycles. The average molecular weight is 1060 g/mol. The minimum Gasteiger partial charge on any atom is -0.462 e. The molecule has 0 amide bonds. The Hall–Kier alpha value is -3.96. The van der Waals surface area contributed by atoms with E-state index in [9.17, 15) is 28.8 Å². The molecule has 434 valence electrons. The molecule has 0 aliphatic heterocycles. The van der Waals surface area contributed by atoms with Gasteiger partial charge in [0, 0.05) is 59.3 Å². The van der Waals surface area contributed by atoms with Gasteiger partial charge < -0.3 is 28.4 Å². The van der Waals surface area contributed by atoms with Gasteiger partial charge in [-0.3, -0.25) is 28.8 Å². The van der Waals surface area contributed by atoms with Crippen LogP contribution in [0, 0.1) is 0 Å². The Bertz CT molecular complexity index is 1430. The molecule has 12 nitrogen and oxygen atoms in total. The zero-order chi connectivity index (χ0) is 55.3. The van der Waals surface area contributed by atoms with E-state index in [1.54, 1.807) is 0 Å². The molecule has 0 radical (unpaired) electrons. The van der Waals surface area contributed by atoms with Crippen molar-refractivity contribution in [2.24, 2.45) is 0 Å². The van der Waals surface area contributed by atoms with E-state index in [4.69, 9.17) is 28.4 Å². The van der Waals surface area contributed by atoms with E-state index >= 15 is 0 Å². The molecule has 0 heterocycles. The molecule has 0 aromatic carbocycles. The van der Waals surface area contributed by atoms with E-state index in [-0.39, 0.29) is 80.6 Å². The van der Waals surface area contributed by atoms with Crippen molar-refractivity contribution in [3.05, 3.63) is 36.5 Å². The van der Waals surface area contributed by atoms with Crippen molar-refractivity contribution in [1.82, 2.24) is 0 Å². The van der Waals surface area contributed by atoms with Crippen LogP contribution < -0.4 is 0 Å². The number of allylic oxidation sites excluding steroid dienone is 3. The molecule has 0 saturated carbocycles. The van der Waals surface area contributed by atoms with Crippen molar-refractivity contribution in [2.75, 3.05) is 13.2 Å². The molecule has 0 N–H and O–H groups in total. The van der Waals surface area contributed by atoms with Crippen LogP contribution in [0.25, 0.3) is 0 Å². The smallest absolute Gasteiger partial charge is 0.306 e. The number of hydrogen-bond acceptors (Lipinski definition) is 12. The maximum absolute atomic E-state index is 12.9. The molecule has 12 heteroatoms. The van der Waals surface area contributed by atoms with Gasteiger partial charge in [-0.1, -0.05) is 173 Å². The maximum atomic E-state index is 12.9. The second kappa shape index (κ2) is 53.4. The van der Waals surface area contributed by atoms with E-state index in [1.165, 1.54) is 72.1 Å². The monoisotopic (exact) mass is 1060 g/mol. The van der Waals surface area contributed by atoms with E-state index in [2.05, 4.69) is 57.2 Å². The van der Waals surface area contributed by atoms with Crippen LogP contribution in [0.3, 0.4) is 0 Å². The lowest BCUT2D eigenvalue weighted by molar-refractivity contribution is -0.167. The zero-order valence-corrected chi connectivity index (χ0v) is 48.7. The highest BCUT2D eigenvalue weighted by atomic mass is 16.6. The van der Waals surface area contributed by atoms with E-state index in [0.29, 0.717) is 19.3 Å². The molecular formula is C63H110O12. The number of unbranched alkanes of at least 4 members (excludes halogenated alkanes) is 24. The molecule has 3 unspecified atom stereocenters. The fourth-order valence-electron chi connectivity index (χ4n) is 8.94. The summed E-state index contributed by atoms with van der Waals surface area (Å²) in [7, 11) is 0. The average Bonchev–Trinajstić information content (AvgIpc) is 3.37. The van der Waals surface area contributed by atoms with Crippen LogP contribution in [-0.2, 0) is 57.2 Å². The first-order valence-corrected chi connectivity index (χ1v) is 30.4. The lowest BCUT2D eigenvalue weighted by Crippen LogP contribution is -2.30. The summed E-state index contributed by atoms with van der Waals surface area (Å²) in [6.45, 7) is 10.7. The van der Waals surface area contributed by atoms with Gasteiger partial charge in [0.25, 0.3) is 0 Å². The van der Waals surface area contributed by atoms with Gasteiger partial charge in [-0.25, -0.2) is 0 Å². The third-order valence-corrected chi connectivity index (χ3v) is 13.2. The molecule has 0 bridgehead atoms. The van der Waals surface area contributed by atoms with Crippen LogP contribution in [0.1, 0.15) is 292 Å². The summed E-state index contributed by atoms with van der Waals surface area (Å²) in [5.74, 6) is -1.78. The molecule has 0 aromatic rings. The number of esters is 6. The number of carbonyl (C=O) groups is 6. The fourth-order valence-corrected chi connectivity index (χ4v) is 8.94. The number of carbonyl (C=O) groups excluding carboxylic acids is 6. The molecule has 0 aliphatic rings. The summed E-state index contributed by atoms with van der Waals surface area (Å²) in [5.41, 5.74) is 0. The normalized spacial score (nSPS) is 13.2. The van der Waals surface area contributed by atoms with Gasteiger partial charge in [-0.05, 0) is 96.3 Å². The van der Waals surface area contributed by atoms with Crippen molar-refractivity contribution < 1.29 is 57.2 Å². The van der Waals surface area contributed by atoms with E-state index in [0.717, 1.165) is 161 Å². The third-order valence-electron chi connectivity index (χ3n) is 13.2. The van der Waals surface area contributed by atoms with Crippen LogP contribution in [-0.4, -0.2) is 73.4 Å². The number of ether oxygens (including phenoxy) is 6. The Morgan fingerprint density at radius 2 is 0.587 bits per heavy atom. The van der Waals surface area contributed by atoms with Crippen LogP contribution >= 0.6 is 0 Å². The molecule has 3 atom stereocenters. The Labute approximate surface area is 457 Å². The third kappa shape index (κ3) is 51.9. The summed E-state index contributed by atoms with van der Waals surface area (Å²) in [5, 5.41) is 0. The lowest BCUT2D eigenvalue weighted by Gasteiger charge is -2.18.